The average molecular weight is 542 g/mol. The van der Waals surface area contributed by atoms with Crippen LogP contribution in [0, 0.1) is 11.2 Å². The Kier molecular flexibility index (Phi) is 6.81. The van der Waals surface area contributed by atoms with Crippen molar-refractivity contribution in [3.63, 3.8) is 0 Å². The molecule has 0 aliphatic carbocycles. The van der Waals surface area contributed by atoms with Crippen molar-refractivity contribution in [3.8, 4) is 0 Å². The van der Waals surface area contributed by atoms with Gasteiger partial charge in [0.1, 0.15) is 23.2 Å². The number of anilines is 1. The lowest BCUT2D eigenvalue weighted by Gasteiger charge is -2.39. The summed E-state index contributed by atoms with van der Waals surface area (Å²) in [5.74, 6) is -2.07. The smallest absolute Gasteiger partial charge is 0.433 e. The number of aromatic nitrogens is 1. The highest BCUT2D eigenvalue weighted by Gasteiger charge is 2.62. The number of hydrogen-bond acceptors (Lipinski definition) is 5. The highest BCUT2D eigenvalue weighted by molar-refractivity contribution is 6.30. The van der Waals surface area contributed by atoms with E-state index in [9.17, 15) is 18.0 Å². The van der Waals surface area contributed by atoms with Gasteiger partial charge in [0.15, 0.2) is 0 Å². The van der Waals surface area contributed by atoms with Crippen LogP contribution < -0.4 is 10.6 Å². The van der Waals surface area contributed by atoms with Crippen LogP contribution in [-0.4, -0.2) is 35.2 Å². The molecule has 0 unspecified atom stereocenters. The molecule has 1 fully saturated rings. The summed E-state index contributed by atoms with van der Waals surface area (Å²) in [7, 11) is 0. The zero-order valence-electron chi connectivity index (χ0n) is 21.7. The van der Waals surface area contributed by atoms with Gasteiger partial charge in [-0.1, -0.05) is 44.5 Å². The van der Waals surface area contributed by atoms with Gasteiger partial charge in [0.05, 0.1) is 5.02 Å². The Hall–Kier alpha value is -2.39. The Morgan fingerprint density at radius 2 is 1.86 bits per heavy atom. The quantitative estimate of drug-likeness (QED) is 0.345. The molecule has 202 valence electrons. The van der Waals surface area contributed by atoms with Crippen LogP contribution in [0.25, 0.3) is 0 Å². The summed E-state index contributed by atoms with van der Waals surface area (Å²) in [6.45, 7) is 11.5. The van der Waals surface area contributed by atoms with Crippen LogP contribution in [0.3, 0.4) is 0 Å². The van der Waals surface area contributed by atoms with E-state index in [1.165, 1.54) is 12.3 Å². The molecule has 2 aliphatic heterocycles. The highest BCUT2D eigenvalue weighted by atomic mass is 35.5. The number of benzene rings is 1. The van der Waals surface area contributed by atoms with Crippen molar-refractivity contribution in [3.05, 3.63) is 58.1 Å². The monoisotopic (exact) mass is 541 g/mol. The maximum absolute atomic E-state index is 15.6. The Morgan fingerprint density at radius 1 is 1.19 bits per heavy atom. The first kappa shape index (κ1) is 27.6. The highest BCUT2D eigenvalue weighted by Crippen LogP contribution is 2.56. The zero-order chi connectivity index (χ0) is 27.6. The van der Waals surface area contributed by atoms with Gasteiger partial charge in [-0.2, -0.15) is 13.2 Å². The third-order valence-corrected chi connectivity index (χ3v) is 7.24. The molecule has 1 aromatic carbocycles. The van der Waals surface area contributed by atoms with Crippen LogP contribution in [0.4, 0.5) is 23.2 Å². The largest absolute Gasteiger partial charge is 0.459 e. The number of nitrogens with one attached hydrogen (secondary N) is 2. The van der Waals surface area contributed by atoms with Gasteiger partial charge < -0.3 is 15.4 Å². The van der Waals surface area contributed by atoms with Crippen LogP contribution >= 0.6 is 11.6 Å². The van der Waals surface area contributed by atoms with Gasteiger partial charge >= 0.3 is 12.1 Å². The SMILES string of the molecule is CC(C)(C)C[C@@H]1N[C@@H](C(=O)OC(C)(C)C)[C@H](c2cccc(Cl)c2F)[C@]12CNc1cc(C(F)(F)F)ncc12. The number of esters is 1. The number of carbonyl (C=O) groups excluding carboxylic acids is 1. The summed E-state index contributed by atoms with van der Waals surface area (Å²) in [6, 6.07) is 4.18. The van der Waals surface area contributed by atoms with Crippen molar-refractivity contribution in [1.29, 1.82) is 0 Å². The molecule has 4 atom stereocenters. The summed E-state index contributed by atoms with van der Waals surface area (Å²) in [5, 5.41) is 6.42. The standard InChI is InChI=1S/C27H32ClF4N3O2/c1-24(2,3)11-19-26(13-34-17-10-18(27(30,31)32)33-12-15(17)26)20(14-8-7-9-16(28)21(14)29)22(35-19)23(36)37-25(4,5)6/h7-10,12,19-20,22,34-35H,11,13H2,1-6H3/t19-,20-,22+,26-/m0/s1. The lowest BCUT2D eigenvalue weighted by molar-refractivity contribution is -0.157. The molecule has 1 saturated heterocycles. The normalized spacial score (nSPS) is 25.8. The van der Waals surface area contributed by atoms with Crippen LogP contribution in [0.15, 0.2) is 30.5 Å². The van der Waals surface area contributed by atoms with Crippen LogP contribution in [-0.2, 0) is 21.1 Å². The number of hydrogen-bond donors (Lipinski definition) is 2. The second kappa shape index (κ2) is 9.12. The van der Waals surface area contributed by atoms with Gasteiger partial charge in [0.2, 0.25) is 0 Å². The summed E-state index contributed by atoms with van der Waals surface area (Å²) >= 11 is 6.17. The fraction of sp³-hybridized carbons (Fsp3) is 0.556. The molecule has 37 heavy (non-hydrogen) atoms. The van der Waals surface area contributed by atoms with Gasteiger partial charge in [-0.3, -0.25) is 9.78 Å². The van der Waals surface area contributed by atoms with Gasteiger partial charge in [-0.15, -0.1) is 0 Å². The molecular weight excluding hydrogens is 510 g/mol. The minimum atomic E-state index is -4.62. The van der Waals surface area contributed by atoms with E-state index in [0.29, 0.717) is 12.0 Å². The summed E-state index contributed by atoms with van der Waals surface area (Å²) in [4.78, 5) is 17.3. The van der Waals surface area contributed by atoms with E-state index in [4.69, 9.17) is 16.3 Å². The van der Waals surface area contributed by atoms with Crippen molar-refractivity contribution in [2.75, 3.05) is 11.9 Å². The summed E-state index contributed by atoms with van der Waals surface area (Å²) in [5.41, 5.74) is -2.11. The first-order valence-electron chi connectivity index (χ1n) is 12.2. The fourth-order valence-corrected chi connectivity index (χ4v) is 5.85. The minimum absolute atomic E-state index is 0.105. The minimum Gasteiger partial charge on any atom is -0.459 e. The molecule has 0 bridgehead atoms. The Balaban J connectivity index is 1.96. The molecule has 0 radical (unpaired) electrons. The number of pyridine rings is 1. The van der Waals surface area contributed by atoms with E-state index < -0.39 is 52.7 Å². The lowest BCUT2D eigenvalue weighted by Crippen LogP contribution is -2.46. The predicted molar refractivity (Wildman–Crippen MR) is 134 cm³/mol. The van der Waals surface area contributed by atoms with Crippen LogP contribution in [0.5, 0.6) is 0 Å². The molecule has 5 nitrogen and oxygen atoms in total. The molecule has 1 spiro atoms. The first-order valence-corrected chi connectivity index (χ1v) is 12.6. The maximum Gasteiger partial charge on any atom is 0.433 e. The van der Waals surface area contributed by atoms with E-state index in [0.717, 1.165) is 6.07 Å². The molecule has 10 heteroatoms. The van der Waals surface area contributed by atoms with E-state index in [1.54, 1.807) is 32.9 Å². The Labute approximate surface area is 219 Å². The van der Waals surface area contributed by atoms with Crippen molar-refractivity contribution in [1.82, 2.24) is 10.3 Å². The van der Waals surface area contributed by atoms with Gasteiger partial charge in [-0.25, -0.2) is 4.39 Å². The molecule has 2 aliphatic rings. The van der Waals surface area contributed by atoms with Gasteiger partial charge in [0.25, 0.3) is 0 Å². The van der Waals surface area contributed by atoms with E-state index in [2.05, 4.69) is 15.6 Å². The third kappa shape index (κ3) is 5.17. The predicted octanol–water partition coefficient (Wildman–Crippen LogP) is 6.46. The molecule has 0 amide bonds. The number of carbonyl (C=O) groups is 1. The number of rotatable bonds is 3. The van der Waals surface area contributed by atoms with Gasteiger partial charge in [0, 0.05) is 41.4 Å². The Bertz CT molecular complexity index is 1210. The van der Waals surface area contributed by atoms with Crippen LogP contribution in [0.1, 0.15) is 70.7 Å². The number of halogens is 5. The summed E-state index contributed by atoms with van der Waals surface area (Å²) < 4.78 is 61.7. The van der Waals surface area contributed by atoms with Crippen molar-refractivity contribution in [2.45, 2.75) is 83.2 Å². The number of fused-ring (bicyclic) bond motifs is 2. The molecule has 1 aromatic heterocycles. The second-order valence-electron chi connectivity index (χ2n) is 12.1. The number of nitrogens with zero attached hydrogens (tertiary/aromatic N) is 1. The Morgan fingerprint density at radius 3 is 2.46 bits per heavy atom. The molecular formula is C27H32ClF4N3O2. The number of ether oxygens (including phenoxy) is 1. The summed E-state index contributed by atoms with van der Waals surface area (Å²) in [6.07, 6.45) is -2.86. The van der Waals surface area contributed by atoms with E-state index in [1.807, 2.05) is 20.8 Å². The third-order valence-electron chi connectivity index (χ3n) is 6.95. The zero-order valence-corrected chi connectivity index (χ0v) is 22.4. The van der Waals surface area contributed by atoms with Crippen molar-refractivity contribution in [2.24, 2.45) is 5.41 Å². The first-order chi connectivity index (χ1) is 16.9. The maximum atomic E-state index is 15.6. The second-order valence-corrected chi connectivity index (χ2v) is 12.5. The topological polar surface area (TPSA) is 63.2 Å². The molecule has 0 saturated carbocycles. The molecule has 4 rings (SSSR count). The van der Waals surface area contributed by atoms with Gasteiger partial charge in [-0.05, 0) is 50.3 Å². The lowest BCUT2D eigenvalue weighted by atomic mass is 9.63. The van der Waals surface area contributed by atoms with E-state index in [-0.39, 0.29) is 28.2 Å². The van der Waals surface area contributed by atoms with Crippen molar-refractivity contribution >= 4 is 23.3 Å². The molecule has 3 heterocycles. The van der Waals surface area contributed by atoms with E-state index >= 15 is 4.39 Å². The molecule has 2 aromatic rings. The van der Waals surface area contributed by atoms with Crippen LogP contribution in [0.2, 0.25) is 5.02 Å². The average Bonchev–Trinajstić information content (AvgIpc) is 3.27. The molecule has 2 N–H and O–H groups in total. The number of alkyl halides is 3. The van der Waals surface area contributed by atoms with Crippen molar-refractivity contribution < 1.29 is 27.1 Å². The fourth-order valence-electron chi connectivity index (χ4n) is 5.67.